The summed E-state index contributed by atoms with van der Waals surface area (Å²) in [6.45, 7) is 2.81. The second-order valence-corrected chi connectivity index (χ2v) is 7.31. The molecule has 0 bridgehead atoms. The predicted octanol–water partition coefficient (Wildman–Crippen LogP) is 2.82. The molecule has 0 radical (unpaired) electrons. The SMILES string of the molecule is CN(CCCO)C1CCN(C(=O)c2cc3ccccc3s2)CC1. The van der Waals surface area contributed by atoms with E-state index in [-0.39, 0.29) is 12.5 Å². The Balaban J connectivity index is 1.59. The quantitative estimate of drug-likeness (QED) is 0.916. The molecule has 1 fully saturated rings. The predicted molar refractivity (Wildman–Crippen MR) is 95.1 cm³/mol. The van der Waals surface area contributed by atoms with Crippen LogP contribution in [0.15, 0.2) is 30.3 Å². The van der Waals surface area contributed by atoms with Crippen LogP contribution >= 0.6 is 11.3 Å². The number of aliphatic hydroxyl groups excluding tert-OH is 1. The van der Waals surface area contributed by atoms with Crippen molar-refractivity contribution in [2.45, 2.75) is 25.3 Å². The number of carbonyl (C=O) groups excluding carboxylic acids is 1. The highest BCUT2D eigenvalue weighted by Crippen LogP contribution is 2.27. The molecule has 4 nitrogen and oxygen atoms in total. The zero-order valence-corrected chi connectivity index (χ0v) is 14.4. The molecule has 2 aromatic rings. The van der Waals surface area contributed by atoms with Crippen molar-refractivity contribution in [1.29, 1.82) is 0 Å². The molecule has 23 heavy (non-hydrogen) atoms. The minimum absolute atomic E-state index is 0.169. The molecule has 1 N–H and O–H groups in total. The van der Waals surface area contributed by atoms with Gasteiger partial charge in [-0.3, -0.25) is 4.79 Å². The summed E-state index contributed by atoms with van der Waals surface area (Å²) >= 11 is 1.59. The van der Waals surface area contributed by atoms with Crippen LogP contribution in [0.25, 0.3) is 10.1 Å². The smallest absolute Gasteiger partial charge is 0.263 e. The Kier molecular flexibility index (Phi) is 5.30. The molecule has 1 amide bonds. The van der Waals surface area contributed by atoms with Crippen LogP contribution in [0.2, 0.25) is 0 Å². The number of aliphatic hydroxyl groups is 1. The largest absolute Gasteiger partial charge is 0.396 e. The summed E-state index contributed by atoms with van der Waals surface area (Å²) in [4.78, 5) is 17.9. The third-order valence-corrected chi connectivity index (χ3v) is 5.78. The van der Waals surface area contributed by atoms with Crippen molar-refractivity contribution in [3.63, 3.8) is 0 Å². The number of hydrogen-bond donors (Lipinski definition) is 1. The zero-order valence-electron chi connectivity index (χ0n) is 13.6. The molecular weight excluding hydrogens is 308 g/mol. The molecule has 2 heterocycles. The van der Waals surface area contributed by atoms with Crippen LogP contribution in [-0.4, -0.2) is 60.1 Å². The zero-order chi connectivity index (χ0) is 16.2. The minimum atomic E-state index is 0.169. The normalized spacial score (nSPS) is 16.4. The highest BCUT2D eigenvalue weighted by Gasteiger charge is 2.26. The van der Waals surface area contributed by atoms with E-state index in [0.717, 1.165) is 49.2 Å². The highest BCUT2D eigenvalue weighted by molar-refractivity contribution is 7.20. The number of thiophene rings is 1. The maximum Gasteiger partial charge on any atom is 0.263 e. The van der Waals surface area contributed by atoms with Crippen molar-refractivity contribution in [1.82, 2.24) is 9.80 Å². The Hall–Kier alpha value is -1.43. The van der Waals surface area contributed by atoms with Gasteiger partial charge < -0.3 is 14.9 Å². The Labute approximate surface area is 141 Å². The van der Waals surface area contributed by atoms with Gasteiger partial charge in [-0.1, -0.05) is 18.2 Å². The van der Waals surface area contributed by atoms with Gasteiger partial charge in [-0.2, -0.15) is 0 Å². The van der Waals surface area contributed by atoms with E-state index in [1.54, 1.807) is 11.3 Å². The second-order valence-electron chi connectivity index (χ2n) is 6.23. The minimum Gasteiger partial charge on any atom is -0.396 e. The second kappa shape index (κ2) is 7.43. The average Bonchev–Trinajstić information content (AvgIpc) is 3.03. The van der Waals surface area contributed by atoms with E-state index >= 15 is 0 Å². The fourth-order valence-corrected chi connectivity index (χ4v) is 4.29. The van der Waals surface area contributed by atoms with E-state index in [1.165, 1.54) is 4.70 Å². The summed E-state index contributed by atoms with van der Waals surface area (Å²) in [6.07, 6.45) is 2.84. The van der Waals surface area contributed by atoms with Gasteiger partial charge >= 0.3 is 0 Å². The van der Waals surface area contributed by atoms with E-state index in [4.69, 9.17) is 5.11 Å². The van der Waals surface area contributed by atoms with Gasteiger partial charge in [0, 0.05) is 37.0 Å². The molecule has 1 aromatic heterocycles. The lowest BCUT2D eigenvalue weighted by molar-refractivity contribution is 0.0646. The van der Waals surface area contributed by atoms with Crippen LogP contribution in [0.4, 0.5) is 0 Å². The number of rotatable bonds is 5. The molecule has 124 valence electrons. The number of amides is 1. The van der Waals surface area contributed by atoms with Gasteiger partial charge in [0.1, 0.15) is 0 Å². The maximum atomic E-state index is 12.7. The van der Waals surface area contributed by atoms with Gasteiger partial charge in [0.25, 0.3) is 5.91 Å². The van der Waals surface area contributed by atoms with E-state index in [1.807, 2.05) is 23.1 Å². The number of carbonyl (C=O) groups is 1. The van der Waals surface area contributed by atoms with Crippen LogP contribution in [0.1, 0.15) is 28.9 Å². The van der Waals surface area contributed by atoms with Crippen LogP contribution in [0.3, 0.4) is 0 Å². The Bertz CT molecular complexity index is 629. The molecule has 5 heteroatoms. The van der Waals surface area contributed by atoms with Crippen molar-refractivity contribution < 1.29 is 9.90 Å². The van der Waals surface area contributed by atoms with Crippen molar-refractivity contribution in [2.24, 2.45) is 0 Å². The van der Waals surface area contributed by atoms with Crippen molar-refractivity contribution in [2.75, 3.05) is 33.3 Å². The number of nitrogens with zero attached hydrogens (tertiary/aromatic N) is 2. The topological polar surface area (TPSA) is 43.8 Å². The van der Waals surface area contributed by atoms with Crippen LogP contribution in [0.5, 0.6) is 0 Å². The Morgan fingerprint density at radius 3 is 2.78 bits per heavy atom. The lowest BCUT2D eigenvalue weighted by Gasteiger charge is -2.36. The molecule has 3 rings (SSSR count). The van der Waals surface area contributed by atoms with E-state index < -0.39 is 0 Å². The molecule has 1 saturated heterocycles. The summed E-state index contributed by atoms with van der Waals surface area (Å²) in [5, 5.41) is 10.1. The molecule has 0 atom stereocenters. The maximum absolute atomic E-state index is 12.7. The lowest BCUT2D eigenvalue weighted by atomic mass is 10.0. The van der Waals surface area contributed by atoms with Gasteiger partial charge in [-0.15, -0.1) is 11.3 Å². The number of piperidine rings is 1. The van der Waals surface area contributed by atoms with E-state index in [2.05, 4.69) is 24.1 Å². The van der Waals surface area contributed by atoms with Crippen molar-refractivity contribution in [3.8, 4) is 0 Å². The molecule has 1 aliphatic rings. The molecule has 0 spiro atoms. The Morgan fingerprint density at radius 2 is 2.09 bits per heavy atom. The third kappa shape index (κ3) is 3.74. The number of likely N-dealkylation sites (tertiary alicyclic amines) is 1. The van der Waals surface area contributed by atoms with Gasteiger partial charge in [-0.05, 0) is 43.8 Å². The van der Waals surface area contributed by atoms with E-state index in [0.29, 0.717) is 6.04 Å². The summed E-state index contributed by atoms with van der Waals surface area (Å²) in [5.41, 5.74) is 0. The van der Waals surface area contributed by atoms with Crippen LogP contribution in [-0.2, 0) is 0 Å². The first-order valence-electron chi connectivity index (χ1n) is 8.28. The van der Waals surface area contributed by atoms with E-state index in [9.17, 15) is 4.79 Å². The third-order valence-electron chi connectivity index (χ3n) is 4.68. The van der Waals surface area contributed by atoms with Crippen molar-refractivity contribution in [3.05, 3.63) is 35.2 Å². The lowest BCUT2D eigenvalue weighted by Crippen LogP contribution is -2.45. The monoisotopic (exact) mass is 332 g/mol. The van der Waals surface area contributed by atoms with Gasteiger partial charge in [0.2, 0.25) is 0 Å². The standard InChI is InChI=1S/C18H24N2O2S/c1-19(9-4-12-21)15-7-10-20(11-8-15)18(22)17-13-14-5-2-3-6-16(14)23-17/h2-3,5-6,13,15,21H,4,7-12H2,1H3. The number of hydrogen-bond acceptors (Lipinski definition) is 4. The summed E-state index contributed by atoms with van der Waals surface area (Å²) < 4.78 is 1.18. The van der Waals surface area contributed by atoms with Gasteiger partial charge in [0.15, 0.2) is 0 Å². The average molecular weight is 332 g/mol. The first-order valence-corrected chi connectivity index (χ1v) is 9.09. The van der Waals surface area contributed by atoms with Gasteiger partial charge in [0.05, 0.1) is 4.88 Å². The summed E-state index contributed by atoms with van der Waals surface area (Å²) in [7, 11) is 2.11. The first-order chi connectivity index (χ1) is 11.2. The molecule has 0 unspecified atom stereocenters. The Morgan fingerprint density at radius 1 is 1.35 bits per heavy atom. The molecular formula is C18H24N2O2S. The van der Waals surface area contributed by atoms with Crippen LogP contribution in [0, 0.1) is 0 Å². The summed E-state index contributed by atoms with van der Waals surface area (Å²) in [6, 6.07) is 10.7. The number of fused-ring (bicyclic) bond motifs is 1. The fraction of sp³-hybridized carbons (Fsp3) is 0.500. The number of benzene rings is 1. The molecule has 1 aromatic carbocycles. The fourth-order valence-electron chi connectivity index (χ4n) is 3.26. The molecule has 1 aliphatic heterocycles. The highest BCUT2D eigenvalue weighted by atomic mass is 32.1. The van der Waals surface area contributed by atoms with Crippen LogP contribution < -0.4 is 0 Å². The molecule has 0 saturated carbocycles. The molecule has 0 aliphatic carbocycles. The summed E-state index contributed by atoms with van der Waals surface area (Å²) in [5.74, 6) is 0.169. The van der Waals surface area contributed by atoms with Gasteiger partial charge in [-0.25, -0.2) is 0 Å². The first kappa shape index (κ1) is 16.4. The van der Waals surface area contributed by atoms with Crippen molar-refractivity contribution >= 4 is 27.3 Å².